The molecule has 14 heteroatoms. The van der Waals surface area contributed by atoms with Crippen LogP contribution in [-0.4, -0.2) is 125 Å². The molecule has 3 aliphatic heterocycles. The highest BCUT2D eigenvalue weighted by molar-refractivity contribution is 5.98. The number of fused-ring (bicyclic) bond motifs is 2. The summed E-state index contributed by atoms with van der Waals surface area (Å²) in [4.78, 5) is 146. The van der Waals surface area contributed by atoms with Gasteiger partial charge in [0.25, 0.3) is 5.91 Å². The Balaban J connectivity index is 1.29. The van der Waals surface area contributed by atoms with E-state index in [-0.39, 0.29) is 97.9 Å². The Bertz CT molecular complexity index is 2210. The maximum absolute atomic E-state index is 14.7. The number of Topliss-reactive ketones (excluding diaryl/α,β-unsaturated/α-hetero) is 7. The first-order chi connectivity index (χ1) is 35.0. The summed E-state index contributed by atoms with van der Waals surface area (Å²) in [6.07, 6.45) is 12.1. The van der Waals surface area contributed by atoms with E-state index in [0.717, 1.165) is 55.3 Å². The van der Waals surface area contributed by atoms with Crippen LogP contribution < -0.4 is 0 Å². The lowest BCUT2D eigenvalue weighted by Gasteiger charge is -2.29. The van der Waals surface area contributed by atoms with Crippen molar-refractivity contribution in [1.29, 1.82) is 0 Å². The van der Waals surface area contributed by atoms with Crippen LogP contribution in [0.15, 0.2) is 30.3 Å². The highest BCUT2D eigenvalue weighted by Crippen LogP contribution is 2.36. The summed E-state index contributed by atoms with van der Waals surface area (Å²) >= 11 is 0. The molecule has 4 fully saturated rings. The molecule has 7 atom stereocenters. The van der Waals surface area contributed by atoms with E-state index in [4.69, 9.17) is 4.74 Å². The summed E-state index contributed by atoms with van der Waals surface area (Å²) in [5.41, 5.74) is 2.98. The number of nitrogens with zero attached hydrogens (tertiary/aromatic N) is 3. The minimum absolute atomic E-state index is 0.115. The van der Waals surface area contributed by atoms with Crippen LogP contribution in [0.2, 0.25) is 0 Å². The molecule has 1 aromatic carbocycles. The van der Waals surface area contributed by atoms with Crippen molar-refractivity contribution in [3.8, 4) is 0 Å². The van der Waals surface area contributed by atoms with Crippen LogP contribution >= 0.6 is 0 Å². The highest BCUT2D eigenvalue weighted by Gasteiger charge is 2.41. The molecule has 0 bridgehead atoms. The van der Waals surface area contributed by atoms with Crippen LogP contribution in [0.3, 0.4) is 0 Å². The molecule has 2 aliphatic carbocycles. The van der Waals surface area contributed by atoms with Gasteiger partial charge in [-0.15, -0.1) is 0 Å². The summed E-state index contributed by atoms with van der Waals surface area (Å²) in [6.45, 7) is 3.93. The number of hydrogen-bond donors (Lipinski definition) is 0. The van der Waals surface area contributed by atoms with E-state index in [1.54, 1.807) is 6.92 Å². The molecular weight excluding hydrogens is 927 g/mol. The van der Waals surface area contributed by atoms with E-state index < -0.39 is 66.1 Å². The molecule has 6 rings (SSSR count). The predicted molar refractivity (Wildman–Crippen MR) is 277 cm³/mol. The number of likely N-dealkylation sites (tertiary alicyclic amines) is 1. The highest BCUT2D eigenvalue weighted by atomic mass is 16.5. The second kappa shape index (κ2) is 28.1. The van der Waals surface area contributed by atoms with Gasteiger partial charge in [-0.25, -0.2) is 0 Å². The molecule has 73 heavy (non-hydrogen) atoms. The van der Waals surface area contributed by atoms with Gasteiger partial charge in [-0.1, -0.05) is 69.4 Å². The first-order valence-corrected chi connectivity index (χ1v) is 27.9. The fraction of sp³-hybridized carbons (Fsp3) is 0.695. The second-order valence-corrected chi connectivity index (χ2v) is 22.3. The summed E-state index contributed by atoms with van der Waals surface area (Å²) < 4.78 is 5.79. The van der Waals surface area contributed by atoms with E-state index in [0.29, 0.717) is 90.0 Å². The van der Waals surface area contributed by atoms with Crippen LogP contribution in [0.1, 0.15) is 179 Å². The number of carbonyl (C=O) groups excluding carboxylic acids is 10. The van der Waals surface area contributed by atoms with Gasteiger partial charge < -0.3 is 19.4 Å². The topological polar surface area (TPSA) is 190 Å². The van der Waals surface area contributed by atoms with Crippen LogP contribution in [0.25, 0.3) is 5.57 Å². The third-order valence-electron chi connectivity index (χ3n) is 16.7. The van der Waals surface area contributed by atoms with E-state index in [2.05, 4.69) is 0 Å². The van der Waals surface area contributed by atoms with Crippen molar-refractivity contribution in [3.63, 3.8) is 0 Å². The zero-order valence-corrected chi connectivity index (χ0v) is 44.3. The molecule has 1 aromatic rings. The fourth-order valence-corrected chi connectivity index (χ4v) is 12.3. The first-order valence-electron chi connectivity index (χ1n) is 27.9. The number of benzene rings is 1. The largest absolute Gasteiger partial charge is 0.455 e. The quantitative estimate of drug-likeness (QED) is 0.107. The van der Waals surface area contributed by atoms with Gasteiger partial charge in [0.1, 0.15) is 28.9 Å². The van der Waals surface area contributed by atoms with Gasteiger partial charge in [0.05, 0.1) is 23.9 Å². The average Bonchev–Trinajstić information content (AvgIpc) is 4.22. The van der Waals surface area contributed by atoms with Gasteiger partial charge >= 0.3 is 5.97 Å². The molecule has 2 amide bonds. The Morgan fingerprint density at radius 1 is 0.671 bits per heavy atom. The zero-order chi connectivity index (χ0) is 52.6. The van der Waals surface area contributed by atoms with Crippen LogP contribution in [0, 0.1) is 35.5 Å². The van der Waals surface area contributed by atoms with E-state index in [9.17, 15) is 47.9 Å². The van der Waals surface area contributed by atoms with Crippen molar-refractivity contribution in [3.05, 3.63) is 41.5 Å². The lowest BCUT2D eigenvalue weighted by Crippen LogP contribution is -2.45. The van der Waals surface area contributed by atoms with Gasteiger partial charge in [0, 0.05) is 81.7 Å². The van der Waals surface area contributed by atoms with Crippen LogP contribution in [0.4, 0.5) is 0 Å². The molecule has 0 N–H and O–H groups in total. The Morgan fingerprint density at radius 3 is 2.04 bits per heavy atom. The smallest absolute Gasteiger partial charge is 0.310 e. The minimum Gasteiger partial charge on any atom is -0.455 e. The lowest BCUT2D eigenvalue weighted by atomic mass is 9.80. The van der Waals surface area contributed by atoms with Gasteiger partial charge in [-0.2, -0.15) is 0 Å². The van der Waals surface area contributed by atoms with E-state index in [1.807, 2.05) is 49.3 Å². The molecule has 0 spiro atoms. The first kappa shape index (κ1) is 57.3. The molecule has 3 saturated heterocycles. The third-order valence-corrected chi connectivity index (χ3v) is 16.7. The summed E-state index contributed by atoms with van der Waals surface area (Å²) in [5, 5.41) is 0. The number of rotatable bonds is 17. The summed E-state index contributed by atoms with van der Waals surface area (Å²) in [7, 11) is 3.92. The number of amides is 2. The molecule has 1 saturated carbocycles. The monoisotopic (exact) mass is 1010 g/mol. The van der Waals surface area contributed by atoms with Gasteiger partial charge in [0.2, 0.25) is 5.91 Å². The molecule has 0 radical (unpaired) electrons. The Hall–Kier alpha value is -4.98. The van der Waals surface area contributed by atoms with Crippen molar-refractivity contribution in [1.82, 2.24) is 14.7 Å². The number of carbonyl (C=O) groups is 10. The Labute approximate surface area is 433 Å². The lowest BCUT2D eigenvalue weighted by molar-refractivity contribution is -0.157. The number of unbranched alkanes of at least 4 members (excludes halogenated alkanes) is 3. The molecular formula is C59H83N3O11. The second-order valence-electron chi connectivity index (χ2n) is 22.3. The summed E-state index contributed by atoms with van der Waals surface area (Å²) in [5.74, 6) is -7.58. The van der Waals surface area contributed by atoms with Gasteiger partial charge in [0.15, 0.2) is 18.2 Å². The number of esters is 1. The number of ketones is 7. The Morgan fingerprint density at radius 2 is 1.33 bits per heavy atom. The molecule has 3 heterocycles. The fourth-order valence-electron chi connectivity index (χ4n) is 12.3. The van der Waals surface area contributed by atoms with Crippen molar-refractivity contribution in [2.45, 2.75) is 186 Å². The molecule has 1 unspecified atom stereocenters. The van der Waals surface area contributed by atoms with Gasteiger partial charge in [-0.05, 0) is 128 Å². The predicted octanol–water partition coefficient (Wildman–Crippen LogP) is 8.26. The number of ether oxygens (including phenoxy) is 1. The normalized spacial score (nSPS) is 26.7. The number of allylic oxidation sites excluding steroid dienone is 2. The van der Waals surface area contributed by atoms with Crippen molar-refractivity contribution >= 4 is 63.8 Å². The minimum atomic E-state index is -1.13. The Kier molecular flexibility index (Phi) is 22.0. The maximum Gasteiger partial charge on any atom is 0.310 e. The van der Waals surface area contributed by atoms with Crippen molar-refractivity contribution < 1.29 is 52.7 Å². The molecule has 0 aromatic heterocycles. The molecule has 5 aliphatic rings. The number of cyclic esters (lactones) is 1. The third kappa shape index (κ3) is 16.3. The summed E-state index contributed by atoms with van der Waals surface area (Å²) in [6, 6.07) is 6.33. The molecule has 14 nitrogen and oxygen atoms in total. The average molecular weight is 1010 g/mol. The van der Waals surface area contributed by atoms with Crippen LogP contribution in [0.5, 0.6) is 0 Å². The van der Waals surface area contributed by atoms with E-state index >= 15 is 0 Å². The van der Waals surface area contributed by atoms with Crippen LogP contribution in [-0.2, 0) is 59.1 Å². The van der Waals surface area contributed by atoms with Gasteiger partial charge in [-0.3, -0.25) is 47.9 Å². The molecule has 400 valence electrons. The number of hydrogen-bond acceptors (Lipinski definition) is 12. The van der Waals surface area contributed by atoms with Crippen molar-refractivity contribution in [2.24, 2.45) is 35.5 Å². The van der Waals surface area contributed by atoms with Crippen molar-refractivity contribution in [2.75, 3.05) is 40.3 Å². The van der Waals surface area contributed by atoms with E-state index in [1.165, 1.54) is 16.7 Å². The SMILES string of the molecule is CCC1CC(=O)C[C@@H](C(=O)N2CCC[C@H]2C(C)=O)CC(=O)[C@H](CCCCCC(=O)C2CCCC2)CC(=O)[C@@H]2CCCN2C(=O)COC(=O)[C@H](CC2=CCc3ccccc32)CC(=O)[C@H](CCCCN(C)C)CC1=O. The standard InChI is InChI=1S/C59H83N3O11/c1-5-40-32-48(64)33-46(58(71)62-30-15-23-50(62)39(2)63)36-54(67)45(20-7-6-8-25-52(65)42-18-9-10-19-42)35-56(69)51-24-16-29-61(51)57(70)38-73-59(72)47(31-43-27-26-41-17-11-12-22-49(41)43)37-55(68)44(34-53(40)66)21-13-14-28-60(3)4/h11-12,17,22,27,40,42,44-47,50-51H,5-10,13-16,18-21,23-26,28-38H2,1-4H3/t40?,44-,45-,46-,47-,50+,51+/m1/s1. The maximum atomic E-state index is 14.7. The zero-order valence-electron chi connectivity index (χ0n) is 44.3.